The molecule has 10 aliphatic rings. The van der Waals surface area contributed by atoms with Gasteiger partial charge in [-0.05, 0) is 215 Å². The normalized spacial score (nSPS) is 30.0. The Morgan fingerprint density at radius 3 is 1.22 bits per heavy atom. The van der Waals surface area contributed by atoms with Gasteiger partial charge in [-0.3, -0.25) is 47.8 Å². The largest absolute Gasteiger partial charge is 0.491 e. The molecule has 2 unspecified atom stereocenters. The molecule has 0 bridgehead atoms. The maximum Gasteiger partial charge on any atom is 0.430 e. The van der Waals surface area contributed by atoms with E-state index in [1.807, 2.05) is 125 Å². The van der Waals surface area contributed by atoms with Crippen LogP contribution in [-0.2, 0) is 77.4 Å². The number of rotatable bonds is 24. The summed E-state index contributed by atoms with van der Waals surface area (Å²) in [6.07, 6.45) is 1.42. The summed E-state index contributed by atoms with van der Waals surface area (Å²) >= 11 is 2.75. The van der Waals surface area contributed by atoms with Crippen molar-refractivity contribution < 1.29 is 119 Å². The fourth-order valence-corrected chi connectivity index (χ4v) is 23.9. The standard InChI is InChI=1S/2C50H61F3N4O10S2/c2*1-30(2)65-35-13-11-33(12-14-35)39-22-36(23-40(55-39)44-54-18-20-68-44)66-37-24-41-42(58)27-48(46(61)56-69(62,63)47(5)16-17-47)26-34(48)10-7-6-9-31(3)21-32(4)38(45(60)57(41)28-37)25-43(59)67-49(50(51,52)53)15-8-19-64-29-49/h2*7,10-14,18,20,22-23,30-32,34,37-38,41H,6,8-9,15-17,19,21,24-29H2,1-5H3,(H,56,61)/b2*10-7-/t31-,32+,34+,37+,38-,41-,48+,49?;31-,32-,34-,37-,38+,41+,48-,49?/m01/s1. The molecule has 10 heterocycles. The molecule has 4 saturated carbocycles. The van der Waals surface area contributed by atoms with Gasteiger partial charge in [-0.25, -0.2) is 36.8 Å². The van der Waals surface area contributed by atoms with Crippen molar-refractivity contribution in [1.82, 2.24) is 39.2 Å². The lowest BCUT2D eigenvalue weighted by Gasteiger charge is -2.38. The molecule has 0 radical (unpaired) electrons. The predicted octanol–water partition coefficient (Wildman–Crippen LogP) is 17.3. The molecule has 2 N–H and O–H groups in total. The van der Waals surface area contributed by atoms with E-state index in [1.54, 1.807) is 64.4 Å². The number of Topliss-reactive ketones (excluding diaryl/α,β-unsaturated/α-hetero) is 2. The number of allylic oxidation sites excluding steroid dienone is 4. The quantitative estimate of drug-likeness (QED) is 0.0323. The molecule has 38 heteroatoms. The number of ether oxygens (including phenoxy) is 8. The van der Waals surface area contributed by atoms with Crippen LogP contribution in [-0.4, -0.2) is 203 Å². The Balaban J connectivity index is 0.000000209. The fraction of sp³-hybridized carbons (Fsp3) is 0.600. The number of esters is 2. The number of fused-ring (bicyclic) bond motifs is 4. The molecule has 4 aliphatic carbocycles. The van der Waals surface area contributed by atoms with Crippen LogP contribution >= 0.6 is 22.7 Å². The van der Waals surface area contributed by atoms with Crippen LogP contribution in [0.3, 0.4) is 0 Å². The van der Waals surface area contributed by atoms with Crippen LogP contribution in [0.15, 0.2) is 120 Å². The van der Waals surface area contributed by atoms with E-state index in [2.05, 4.69) is 19.4 Å². The molecule has 0 spiro atoms. The van der Waals surface area contributed by atoms with Crippen molar-refractivity contribution in [2.75, 3.05) is 39.5 Å². The molecule has 4 amide bonds. The summed E-state index contributed by atoms with van der Waals surface area (Å²) in [6, 6.07) is 19.3. The van der Waals surface area contributed by atoms with Gasteiger partial charge in [0.1, 0.15) is 56.6 Å². The van der Waals surface area contributed by atoms with Crippen molar-refractivity contribution in [3.05, 3.63) is 120 Å². The van der Waals surface area contributed by atoms with Crippen LogP contribution in [0.4, 0.5) is 26.3 Å². The lowest BCUT2D eigenvalue weighted by Crippen LogP contribution is -2.55. The molecule has 2 aromatic carbocycles. The number of hydrogen-bond acceptors (Lipinski definition) is 26. The minimum Gasteiger partial charge on any atom is -0.491 e. The second-order valence-electron chi connectivity index (χ2n) is 40.7. The molecule has 6 aliphatic heterocycles. The minimum absolute atomic E-state index is 0.00927. The van der Waals surface area contributed by atoms with E-state index in [9.17, 15) is 71.9 Å². The summed E-state index contributed by atoms with van der Waals surface area (Å²) in [5.74, 6) is -8.61. The molecule has 4 aromatic heterocycles. The van der Waals surface area contributed by atoms with Crippen LogP contribution < -0.4 is 28.4 Å². The summed E-state index contributed by atoms with van der Waals surface area (Å²) in [7, 11) is -8.13. The summed E-state index contributed by atoms with van der Waals surface area (Å²) in [6.45, 7) is 16.5. The van der Waals surface area contributed by atoms with Crippen molar-refractivity contribution >= 4 is 89.9 Å². The Bertz CT molecular complexity index is 5400. The van der Waals surface area contributed by atoms with Crippen LogP contribution in [0.1, 0.15) is 210 Å². The van der Waals surface area contributed by atoms with Gasteiger partial charge in [-0.1, -0.05) is 52.0 Å². The summed E-state index contributed by atoms with van der Waals surface area (Å²) in [5.41, 5.74) is -4.95. The number of halogens is 6. The highest BCUT2D eigenvalue weighted by molar-refractivity contribution is 7.92. The third-order valence-electron chi connectivity index (χ3n) is 29.0. The first-order chi connectivity index (χ1) is 65.2. The van der Waals surface area contributed by atoms with Crippen LogP contribution in [0, 0.1) is 58.2 Å². The number of benzene rings is 2. The highest BCUT2D eigenvalue weighted by Gasteiger charge is 2.66. The Hall–Kier alpha value is -9.76. The van der Waals surface area contributed by atoms with Gasteiger partial charge in [0.15, 0.2) is 11.6 Å². The van der Waals surface area contributed by atoms with E-state index in [0.717, 1.165) is 11.1 Å². The Morgan fingerprint density at radius 1 is 0.522 bits per heavy atom. The van der Waals surface area contributed by atoms with Gasteiger partial charge in [0.2, 0.25) is 54.9 Å². The monoisotopic (exact) mass is 2000 g/mol. The third kappa shape index (κ3) is 23.2. The van der Waals surface area contributed by atoms with Crippen LogP contribution in [0.2, 0.25) is 0 Å². The zero-order valence-corrected chi connectivity index (χ0v) is 82.4. The number of amides is 4. The van der Waals surface area contributed by atoms with Crippen molar-refractivity contribution in [2.24, 2.45) is 58.2 Å². The van der Waals surface area contributed by atoms with E-state index in [0.29, 0.717) is 120 Å². The zero-order valence-electron chi connectivity index (χ0n) is 79.2. The number of carbonyl (C=O) groups excluding carboxylic acids is 8. The molecule has 748 valence electrons. The summed E-state index contributed by atoms with van der Waals surface area (Å²) in [4.78, 5) is 138. The minimum atomic E-state index is -4.93. The lowest BCUT2D eigenvalue weighted by atomic mass is 9.82. The first-order valence-electron chi connectivity index (χ1n) is 47.8. The third-order valence-corrected chi connectivity index (χ3v) is 34.9. The van der Waals surface area contributed by atoms with Crippen molar-refractivity contribution in [2.45, 2.75) is 280 Å². The number of thiazole rings is 2. The Morgan fingerprint density at radius 2 is 0.891 bits per heavy atom. The van der Waals surface area contributed by atoms with Crippen molar-refractivity contribution in [1.29, 1.82) is 0 Å². The highest BCUT2D eigenvalue weighted by Crippen LogP contribution is 2.60. The fourth-order valence-electron chi connectivity index (χ4n) is 20.0. The van der Waals surface area contributed by atoms with E-state index >= 15 is 9.59 Å². The number of sulfonamides is 2. The molecular weight excluding hydrogens is 1880 g/mol. The molecule has 138 heavy (non-hydrogen) atoms. The average molecular weight is 2000 g/mol. The van der Waals surface area contributed by atoms with Crippen molar-refractivity contribution in [3.8, 4) is 66.9 Å². The predicted molar refractivity (Wildman–Crippen MR) is 501 cm³/mol. The van der Waals surface area contributed by atoms with Crippen LogP contribution in [0.5, 0.6) is 23.0 Å². The molecule has 4 saturated heterocycles. The summed E-state index contributed by atoms with van der Waals surface area (Å²) < 4.78 is 189. The maximum atomic E-state index is 15.2. The van der Waals surface area contributed by atoms with E-state index in [1.165, 1.54) is 32.5 Å². The first-order valence-corrected chi connectivity index (χ1v) is 52.5. The van der Waals surface area contributed by atoms with Gasteiger partial charge < -0.3 is 47.7 Å². The van der Waals surface area contributed by atoms with Gasteiger partial charge in [-0.15, -0.1) is 22.7 Å². The van der Waals surface area contributed by atoms with E-state index in [4.69, 9.17) is 47.9 Å². The second-order valence-corrected chi connectivity index (χ2v) is 46.9. The smallest absolute Gasteiger partial charge is 0.430 e. The molecular formula is C100H122F6N8O20S4. The molecule has 8 fully saturated rings. The highest BCUT2D eigenvalue weighted by atomic mass is 32.2. The molecule has 16 atom stereocenters. The van der Waals surface area contributed by atoms with E-state index in [-0.39, 0.29) is 88.9 Å². The van der Waals surface area contributed by atoms with Gasteiger partial charge in [0.25, 0.3) is 0 Å². The number of ketones is 2. The number of carbonyl (C=O) groups is 8. The molecule has 6 aromatic rings. The zero-order chi connectivity index (χ0) is 99.0. The number of alkyl halides is 6. The number of nitrogens with zero attached hydrogens (tertiary/aromatic N) is 6. The van der Waals surface area contributed by atoms with Gasteiger partial charge in [0.05, 0.1) is 107 Å². The topological polar surface area (TPSA) is 361 Å². The SMILES string of the molecule is CC(C)Oc1ccc(-c2cc(O[C@@H]3C[C@H]4C(=O)C[C@]5(C(=O)NS(=O)(=O)C6(C)CC6)C[C@H]5/C=C\CC[C@@H](C)C[C@@H](C)[C@H](CC(=O)OC5(C(F)(F)F)CCCOC5)C(=O)N4C3)cc(-c3nccs3)n2)cc1.CC(C)Oc1ccc(-c2cc(O[C@@H]3C[C@H]4C(=O)C[C@]5(C(=O)NS(=O)(=O)C6(C)CC6)C[C@H]5/C=C\CC[C@H](C)C[C@@H](C)[C@H](CC(=O)OC5(C(F)(F)F)CCCOC5)C(=O)N4C3)cc(-c3nccs3)n2)cc1. The number of hydrogen-bond donors (Lipinski definition) is 2. The maximum absolute atomic E-state index is 15.2. The molecule has 28 nitrogen and oxygen atoms in total. The number of aromatic nitrogens is 4. The van der Waals surface area contributed by atoms with Gasteiger partial charge in [0, 0.05) is 110 Å². The van der Waals surface area contributed by atoms with Gasteiger partial charge >= 0.3 is 24.3 Å². The number of nitrogens with one attached hydrogen (secondary N) is 2. The first kappa shape index (κ1) is 103. The second kappa shape index (κ2) is 41.1. The lowest BCUT2D eigenvalue weighted by molar-refractivity contribution is -0.295. The van der Waals surface area contributed by atoms with Gasteiger partial charge in [-0.2, -0.15) is 26.3 Å². The average Bonchev–Trinajstić information content (AvgIpc) is 1.56. The molecule has 16 rings (SSSR count). The summed E-state index contributed by atoms with van der Waals surface area (Å²) in [5, 5.41) is 4.86. The Labute approximate surface area is 808 Å². The number of pyridine rings is 2. The van der Waals surface area contributed by atoms with Crippen LogP contribution in [0.25, 0.3) is 43.9 Å². The van der Waals surface area contributed by atoms with Crippen molar-refractivity contribution in [3.63, 3.8) is 0 Å². The Kier molecular flexibility index (Phi) is 30.5. The van der Waals surface area contributed by atoms with E-state index < -0.39 is 223 Å².